The molecule has 0 aromatic heterocycles. The van der Waals surface area contributed by atoms with Crippen LogP contribution in [-0.2, 0) is 0 Å². The summed E-state index contributed by atoms with van der Waals surface area (Å²) in [4.78, 5) is 0. The zero-order valence-electron chi connectivity index (χ0n) is 14.5. The Morgan fingerprint density at radius 1 is 0.762 bits per heavy atom. The van der Waals surface area contributed by atoms with Gasteiger partial charge in [-0.05, 0) is 25.8 Å². The Morgan fingerprint density at radius 2 is 1.29 bits per heavy atom. The first-order valence-corrected chi connectivity index (χ1v) is 9.70. The lowest BCUT2D eigenvalue weighted by Crippen LogP contribution is -2.42. The first-order chi connectivity index (χ1) is 10.3. The largest absolute Gasteiger partial charge is 0.389 e. The molecule has 0 spiro atoms. The minimum atomic E-state index is -0.392. The maximum absolute atomic E-state index is 10.4. The van der Waals surface area contributed by atoms with Crippen LogP contribution in [0.3, 0.4) is 0 Å². The van der Waals surface area contributed by atoms with Gasteiger partial charge in [0.1, 0.15) is 0 Å². The molecule has 2 heteroatoms. The van der Waals surface area contributed by atoms with Crippen molar-refractivity contribution < 1.29 is 5.11 Å². The Hall–Kier alpha value is -0.0800. The lowest BCUT2D eigenvalue weighted by Gasteiger charge is -2.32. The maximum atomic E-state index is 10.4. The highest BCUT2D eigenvalue weighted by molar-refractivity contribution is 4.84. The highest BCUT2D eigenvalue weighted by Crippen LogP contribution is 2.27. The first-order valence-electron chi connectivity index (χ1n) is 9.70. The van der Waals surface area contributed by atoms with E-state index in [0.29, 0.717) is 0 Å². The first kappa shape index (κ1) is 19.0. The summed E-state index contributed by atoms with van der Waals surface area (Å²) in [6.45, 7) is 4.17. The molecule has 0 amide bonds. The van der Waals surface area contributed by atoms with Crippen molar-refractivity contribution in [2.45, 2.75) is 109 Å². The summed E-state index contributed by atoms with van der Waals surface area (Å²) in [7, 11) is 0. The van der Waals surface area contributed by atoms with Gasteiger partial charge in [-0.25, -0.2) is 0 Å². The molecule has 0 aliphatic heterocycles. The predicted octanol–water partition coefficient (Wildman–Crippen LogP) is 5.19. The smallest absolute Gasteiger partial charge is 0.0771 e. The molecule has 0 radical (unpaired) electrons. The summed E-state index contributed by atoms with van der Waals surface area (Å²) in [5.74, 6) is 0. The van der Waals surface area contributed by atoms with Gasteiger partial charge in [-0.3, -0.25) is 0 Å². The quantitative estimate of drug-likeness (QED) is 0.458. The van der Waals surface area contributed by atoms with Crippen molar-refractivity contribution in [3.05, 3.63) is 0 Å². The SMILES string of the molecule is CCCCCCCCCCCCNCC1(O)CCCCC1. The molecule has 0 aromatic carbocycles. The maximum Gasteiger partial charge on any atom is 0.0771 e. The molecule has 21 heavy (non-hydrogen) atoms. The van der Waals surface area contributed by atoms with Crippen molar-refractivity contribution in [1.82, 2.24) is 5.32 Å². The summed E-state index contributed by atoms with van der Waals surface area (Å²) in [6, 6.07) is 0. The lowest BCUT2D eigenvalue weighted by molar-refractivity contribution is 0.00503. The molecular formula is C19H39NO. The number of nitrogens with one attached hydrogen (secondary N) is 1. The average Bonchev–Trinajstić information content (AvgIpc) is 2.49. The molecule has 0 heterocycles. The van der Waals surface area contributed by atoms with E-state index >= 15 is 0 Å². The fourth-order valence-corrected chi connectivity index (χ4v) is 3.45. The number of rotatable bonds is 13. The van der Waals surface area contributed by atoms with E-state index in [-0.39, 0.29) is 0 Å². The molecule has 2 nitrogen and oxygen atoms in total. The van der Waals surface area contributed by atoms with Gasteiger partial charge in [-0.15, -0.1) is 0 Å². The summed E-state index contributed by atoms with van der Waals surface area (Å²) in [5, 5.41) is 13.8. The van der Waals surface area contributed by atoms with E-state index in [1.807, 2.05) is 0 Å². The summed E-state index contributed by atoms with van der Waals surface area (Å²) < 4.78 is 0. The third-order valence-electron chi connectivity index (χ3n) is 4.95. The van der Waals surface area contributed by atoms with Crippen molar-refractivity contribution in [2.24, 2.45) is 0 Å². The highest BCUT2D eigenvalue weighted by atomic mass is 16.3. The van der Waals surface area contributed by atoms with E-state index in [4.69, 9.17) is 0 Å². The average molecular weight is 298 g/mol. The zero-order chi connectivity index (χ0) is 15.2. The van der Waals surface area contributed by atoms with Gasteiger partial charge < -0.3 is 10.4 Å². The molecule has 0 saturated heterocycles. The molecule has 1 aliphatic rings. The van der Waals surface area contributed by atoms with Crippen LogP contribution in [0.1, 0.15) is 103 Å². The number of aliphatic hydroxyl groups is 1. The third kappa shape index (κ3) is 10.3. The molecule has 1 aliphatic carbocycles. The Labute approximate surface area is 133 Å². The van der Waals surface area contributed by atoms with Crippen molar-refractivity contribution in [2.75, 3.05) is 13.1 Å². The van der Waals surface area contributed by atoms with Gasteiger partial charge in [0.2, 0.25) is 0 Å². The molecule has 0 atom stereocenters. The van der Waals surface area contributed by atoms with Crippen LogP contribution in [0.5, 0.6) is 0 Å². The Morgan fingerprint density at radius 3 is 1.86 bits per heavy atom. The van der Waals surface area contributed by atoms with E-state index in [0.717, 1.165) is 25.9 Å². The fraction of sp³-hybridized carbons (Fsp3) is 1.00. The standard InChI is InChI=1S/C19H39NO/c1-2-3-4-5-6-7-8-9-10-14-17-20-18-19(21)15-12-11-13-16-19/h20-21H,2-18H2,1H3. The second kappa shape index (κ2) is 12.5. The molecule has 1 fully saturated rings. The van der Waals surface area contributed by atoms with Crippen molar-refractivity contribution in [3.8, 4) is 0 Å². The second-order valence-electron chi connectivity index (χ2n) is 7.14. The Kier molecular flexibility index (Phi) is 11.3. The van der Waals surface area contributed by atoms with Gasteiger partial charge >= 0.3 is 0 Å². The monoisotopic (exact) mass is 297 g/mol. The molecule has 0 unspecified atom stereocenters. The summed E-state index contributed by atoms with van der Waals surface area (Å²) in [5.41, 5.74) is -0.392. The third-order valence-corrected chi connectivity index (χ3v) is 4.95. The van der Waals surface area contributed by atoms with Crippen LogP contribution in [0, 0.1) is 0 Å². The molecule has 0 bridgehead atoms. The predicted molar refractivity (Wildman–Crippen MR) is 92.7 cm³/mol. The zero-order valence-corrected chi connectivity index (χ0v) is 14.5. The van der Waals surface area contributed by atoms with Crippen LogP contribution in [0.15, 0.2) is 0 Å². The topological polar surface area (TPSA) is 32.3 Å². The minimum Gasteiger partial charge on any atom is -0.389 e. The number of hydrogen-bond acceptors (Lipinski definition) is 2. The van der Waals surface area contributed by atoms with E-state index in [1.54, 1.807) is 0 Å². The molecule has 0 aromatic rings. The van der Waals surface area contributed by atoms with Gasteiger partial charge in [0, 0.05) is 6.54 Å². The second-order valence-corrected chi connectivity index (χ2v) is 7.14. The van der Waals surface area contributed by atoms with Crippen LogP contribution in [0.25, 0.3) is 0 Å². The molecule has 126 valence electrons. The van der Waals surface area contributed by atoms with Crippen molar-refractivity contribution >= 4 is 0 Å². The summed E-state index contributed by atoms with van der Waals surface area (Å²) in [6.07, 6.45) is 19.6. The normalized spacial score (nSPS) is 18.0. The van der Waals surface area contributed by atoms with Crippen molar-refractivity contribution in [1.29, 1.82) is 0 Å². The van der Waals surface area contributed by atoms with Crippen LogP contribution in [0.4, 0.5) is 0 Å². The van der Waals surface area contributed by atoms with E-state index in [1.165, 1.54) is 83.5 Å². The van der Waals surface area contributed by atoms with Crippen molar-refractivity contribution in [3.63, 3.8) is 0 Å². The van der Waals surface area contributed by atoms with Crippen LogP contribution < -0.4 is 5.32 Å². The fourth-order valence-electron chi connectivity index (χ4n) is 3.45. The van der Waals surface area contributed by atoms with Gasteiger partial charge in [-0.2, -0.15) is 0 Å². The molecule has 1 rings (SSSR count). The van der Waals surface area contributed by atoms with Gasteiger partial charge in [0.15, 0.2) is 0 Å². The Bertz CT molecular complexity index is 224. The van der Waals surface area contributed by atoms with Crippen LogP contribution in [-0.4, -0.2) is 23.8 Å². The Balaban J connectivity index is 1.78. The van der Waals surface area contributed by atoms with E-state index in [2.05, 4.69) is 12.2 Å². The van der Waals surface area contributed by atoms with E-state index in [9.17, 15) is 5.11 Å². The lowest BCUT2D eigenvalue weighted by atomic mass is 9.85. The van der Waals surface area contributed by atoms with Crippen LogP contribution >= 0.6 is 0 Å². The summed E-state index contributed by atoms with van der Waals surface area (Å²) >= 11 is 0. The van der Waals surface area contributed by atoms with Gasteiger partial charge in [0.25, 0.3) is 0 Å². The highest BCUT2D eigenvalue weighted by Gasteiger charge is 2.28. The molecular weight excluding hydrogens is 258 g/mol. The van der Waals surface area contributed by atoms with Gasteiger partial charge in [0.05, 0.1) is 5.60 Å². The van der Waals surface area contributed by atoms with E-state index < -0.39 is 5.60 Å². The minimum absolute atomic E-state index is 0.392. The molecule has 1 saturated carbocycles. The number of hydrogen-bond donors (Lipinski definition) is 2. The molecule has 2 N–H and O–H groups in total. The number of unbranched alkanes of at least 4 members (excludes halogenated alkanes) is 9. The van der Waals surface area contributed by atoms with Gasteiger partial charge in [-0.1, -0.05) is 84.0 Å². The van der Waals surface area contributed by atoms with Crippen LogP contribution in [0.2, 0.25) is 0 Å².